The monoisotopic (exact) mass is 706 g/mol. The summed E-state index contributed by atoms with van der Waals surface area (Å²) in [7, 11) is 11.6. The normalized spacial score (nSPS) is 12.8. The van der Waals surface area contributed by atoms with Crippen molar-refractivity contribution >= 4 is 61.0 Å². The van der Waals surface area contributed by atoms with Crippen LogP contribution in [-0.4, -0.2) is 150 Å². The molecule has 1 aliphatic heterocycles. The van der Waals surface area contributed by atoms with Crippen LogP contribution in [0.2, 0.25) is 0 Å². The van der Waals surface area contributed by atoms with Gasteiger partial charge in [0.25, 0.3) is 0 Å². The molecule has 1 rings (SSSR count). The molecule has 0 amide bonds. The van der Waals surface area contributed by atoms with Crippen molar-refractivity contribution in [2.75, 3.05) is 132 Å². The Bertz CT molecular complexity index is 541. The van der Waals surface area contributed by atoms with Crippen LogP contribution in [0.25, 0.3) is 0 Å². The first-order valence-electron chi connectivity index (χ1n) is 14.8. The van der Waals surface area contributed by atoms with E-state index in [1.807, 2.05) is 0 Å². The molecular weight excluding hydrogens is 639 g/mol. The van der Waals surface area contributed by atoms with Gasteiger partial charge in [-0.3, -0.25) is 0 Å². The maximum atomic E-state index is 6.33. The molecule has 0 unspecified atom stereocenters. The maximum absolute atomic E-state index is 6.33. The molecule has 0 aromatic carbocycles. The van der Waals surface area contributed by atoms with Crippen LogP contribution in [0, 0.1) is 0 Å². The molecule has 0 aliphatic carbocycles. The second-order valence-electron chi connectivity index (χ2n) is 9.73. The molecule has 0 saturated carbocycles. The largest absolute Gasteiger partial charge is 1.00 e. The summed E-state index contributed by atoms with van der Waals surface area (Å²) in [6.45, 7) is 6.92. The van der Waals surface area contributed by atoms with Crippen LogP contribution >= 0.6 is 20.0 Å². The Hall–Kier alpha value is 2.58. The van der Waals surface area contributed by atoms with Gasteiger partial charge in [-0.15, -0.1) is 8.58 Å². The number of hydrogen-bond donors (Lipinski definition) is 0. The molecule has 42 heavy (non-hydrogen) atoms. The fraction of sp³-hybridized carbons (Fsp3) is 1.00. The smallest absolute Gasteiger partial charge is 1.00 e. The Morgan fingerprint density at radius 2 is 0.810 bits per heavy atom. The predicted octanol–water partition coefficient (Wildman–Crippen LogP) is 2.47. The quantitative estimate of drug-likeness (QED) is 0.0811. The van der Waals surface area contributed by atoms with Crippen molar-refractivity contribution in [2.45, 2.75) is 51.4 Å². The first-order chi connectivity index (χ1) is 19.4. The third kappa shape index (κ3) is 31.2. The van der Waals surface area contributed by atoms with E-state index >= 15 is 0 Å². The minimum Gasteiger partial charge on any atom is -1.00 e. The summed E-state index contributed by atoms with van der Waals surface area (Å²) in [4.78, 5) is 0. The predicted molar refractivity (Wildman–Crippen MR) is 196 cm³/mol. The topological polar surface area (TPSA) is 64.6 Å². The zero-order chi connectivity index (χ0) is 30.2. The summed E-state index contributed by atoms with van der Waals surface area (Å²) in [5, 5.41) is 0. The van der Waals surface area contributed by atoms with Crippen molar-refractivity contribution in [1.29, 1.82) is 0 Å². The summed E-state index contributed by atoms with van der Waals surface area (Å²) in [6, 6.07) is 0. The Morgan fingerprint density at radius 1 is 0.548 bits per heavy atom. The molecule has 0 radical (unpaired) electrons. The molecule has 1 saturated heterocycles. The van der Waals surface area contributed by atoms with Crippen molar-refractivity contribution in [2.24, 2.45) is 0 Å². The first kappa shape index (κ1) is 51.4. The average Bonchev–Trinajstić information content (AvgIpc) is 3.54. The molecule has 0 spiro atoms. The fourth-order valence-electron chi connectivity index (χ4n) is 4.09. The van der Waals surface area contributed by atoms with Crippen molar-refractivity contribution in [3.63, 3.8) is 0 Å². The van der Waals surface area contributed by atoms with E-state index < -0.39 is 11.5 Å². The molecule has 0 aromatic rings. The molecule has 14 heteroatoms. The minimum atomic E-state index is -1.59. The van der Waals surface area contributed by atoms with Gasteiger partial charge in [-0.1, -0.05) is 23.6 Å². The van der Waals surface area contributed by atoms with Crippen LogP contribution in [-0.2, 0) is 56.8 Å². The van der Waals surface area contributed by atoms with Gasteiger partial charge in [-0.2, -0.15) is 0 Å². The molecule has 1 fully saturated rings. The van der Waals surface area contributed by atoms with E-state index in [1.165, 1.54) is 38.0 Å². The van der Waals surface area contributed by atoms with Gasteiger partial charge in [0.2, 0.25) is 0 Å². The molecule has 7 nitrogen and oxygen atoms in total. The van der Waals surface area contributed by atoms with E-state index in [0.717, 1.165) is 112 Å². The zero-order valence-electron chi connectivity index (χ0n) is 28.6. The second-order valence-corrected chi connectivity index (χ2v) is 26.8. The van der Waals surface area contributed by atoms with Gasteiger partial charge in [0, 0.05) is 95.5 Å². The van der Waals surface area contributed by atoms with E-state index in [0.29, 0.717) is 0 Å². The molecule has 0 N–H and O–H groups in total. The standard InChI is InChI=1S/C16H36O4P2S2.C8H19O2P.C4H8O.Al.Li.4H/c1-17-9-5-13-21(23,14-6-10-18-2)22(24,15-7-11-19-3)16-8-12-20-4;1-9-5-3-7-11-8-4-6-10-2;1-2-4-5-3-1;;;;;;/h5-16H2,1-4H3;11H,3-8H2,1-2H3;1-4H2;;;;;;/q;;;;+1;;;;-1. The van der Waals surface area contributed by atoms with Gasteiger partial charge >= 0.3 is 18.9 Å². The zero-order valence-corrected chi connectivity index (χ0v) is 32.0. The Morgan fingerprint density at radius 3 is 1.02 bits per heavy atom. The van der Waals surface area contributed by atoms with E-state index in [2.05, 4.69) is 0 Å². The maximum Gasteiger partial charge on any atom is 1.00 e. The van der Waals surface area contributed by atoms with Crippen molar-refractivity contribution in [3.8, 4) is 0 Å². The van der Waals surface area contributed by atoms with Crippen LogP contribution in [0.1, 0.15) is 52.8 Å². The van der Waals surface area contributed by atoms with Gasteiger partial charge in [-0.05, 0) is 99.8 Å². The van der Waals surface area contributed by atoms with Crippen molar-refractivity contribution in [1.82, 2.24) is 0 Å². The van der Waals surface area contributed by atoms with Gasteiger partial charge < -0.3 is 34.6 Å². The van der Waals surface area contributed by atoms with Crippen molar-refractivity contribution < 1.29 is 53.4 Å². The number of ether oxygens (including phenoxy) is 7. The summed E-state index contributed by atoms with van der Waals surface area (Å²) < 4.78 is 35.9. The van der Waals surface area contributed by atoms with Crippen LogP contribution in [0.15, 0.2) is 0 Å². The molecule has 0 bridgehead atoms. The fourth-order valence-corrected chi connectivity index (χ4v) is 20.1. The third-order valence-corrected chi connectivity index (χ3v) is 28.3. The average molecular weight is 707 g/mol. The van der Waals surface area contributed by atoms with Gasteiger partial charge in [-0.25, -0.2) is 0 Å². The summed E-state index contributed by atoms with van der Waals surface area (Å²) >= 11 is 12.7. The van der Waals surface area contributed by atoms with E-state index in [9.17, 15) is 0 Å². The van der Waals surface area contributed by atoms with Gasteiger partial charge in [0.05, 0.1) is 0 Å². The molecule has 0 aromatic heterocycles. The summed E-state index contributed by atoms with van der Waals surface area (Å²) in [6.07, 6.45) is 16.0. The second kappa shape index (κ2) is 39.8. The van der Waals surface area contributed by atoms with Crippen LogP contribution < -0.4 is 18.9 Å². The van der Waals surface area contributed by atoms with E-state index in [4.69, 9.17) is 56.8 Å². The minimum absolute atomic E-state index is 0. The van der Waals surface area contributed by atoms with Gasteiger partial charge in [0.15, 0.2) is 17.4 Å². The first-order valence-corrected chi connectivity index (χ1v) is 23.3. The molecule has 0 atom stereocenters. The summed E-state index contributed by atoms with van der Waals surface area (Å²) in [5.41, 5.74) is -3.19. The summed E-state index contributed by atoms with van der Waals surface area (Å²) in [5.74, 6) is 0. The number of methoxy groups -OCH3 is 6. The van der Waals surface area contributed by atoms with Gasteiger partial charge in [0.1, 0.15) is 0 Å². The molecule has 252 valence electrons. The van der Waals surface area contributed by atoms with E-state index in [1.54, 1.807) is 42.7 Å². The number of hydrogen-bond acceptors (Lipinski definition) is 9. The van der Waals surface area contributed by atoms with Crippen LogP contribution in [0.3, 0.4) is 0 Å². The number of rotatable bonds is 25. The Balaban J connectivity index is -0.000000210. The SMILES string of the molecule is C1CCOC1.COCCCP(=S)(CCCOC)P(=S)(CCCOC)CCCOC.COCCCPCCCOC.[AlH3].[H-].[Li+]. The van der Waals surface area contributed by atoms with Crippen LogP contribution in [0.4, 0.5) is 0 Å². The third-order valence-electron chi connectivity index (χ3n) is 6.32. The van der Waals surface area contributed by atoms with E-state index in [-0.39, 0.29) is 37.6 Å². The van der Waals surface area contributed by atoms with Crippen molar-refractivity contribution in [3.05, 3.63) is 0 Å². The Labute approximate surface area is 296 Å². The van der Waals surface area contributed by atoms with Crippen LogP contribution in [0.5, 0.6) is 0 Å². The molecule has 1 heterocycles. The Kier molecular flexibility index (Phi) is 48.7. The molecular formula is C28H67AlLiO7P3S2. The molecule has 1 aliphatic rings.